The Labute approximate surface area is 102 Å². The van der Waals surface area contributed by atoms with Gasteiger partial charge < -0.3 is 5.11 Å². The second-order valence-electron chi connectivity index (χ2n) is 3.53. The van der Waals surface area contributed by atoms with Crippen LogP contribution in [0, 0.1) is 5.82 Å². The van der Waals surface area contributed by atoms with E-state index < -0.39 is 11.9 Å². The summed E-state index contributed by atoms with van der Waals surface area (Å²) in [5.74, 6) is -0.435. The van der Waals surface area contributed by atoms with Gasteiger partial charge in [0.05, 0.1) is 11.1 Å². The van der Waals surface area contributed by atoms with Crippen LogP contribution in [0.3, 0.4) is 0 Å². The highest BCUT2D eigenvalue weighted by Crippen LogP contribution is 2.23. The SMILES string of the molecule is OC(Cc1ccc(F)c(Cl)c1)c1ccsc1. The zero-order chi connectivity index (χ0) is 11.5. The molecule has 0 aliphatic carbocycles. The first-order chi connectivity index (χ1) is 7.66. The van der Waals surface area contributed by atoms with E-state index in [2.05, 4.69) is 0 Å². The Balaban J connectivity index is 2.12. The van der Waals surface area contributed by atoms with Crippen LogP contribution in [0.2, 0.25) is 5.02 Å². The normalized spacial score (nSPS) is 12.7. The highest BCUT2D eigenvalue weighted by Gasteiger charge is 2.10. The molecule has 2 rings (SSSR count). The molecule has 4 heteroatoms. The Bertz CT molecular complexity index is 470. The summed E-state index contributed by atoms with van der Waals surface area (Å²) in [6, 6.07) is 6.38. The second-order valence-corrected chi connectivity index (χ2v) is 4.71. The molecule has 0 spiro atoms. The quantitative estimate of drug-likeness (QED) is 0.885. The highest BCUT2D eigenvalue weighted by molar-refractivity contribution is 7.07. The fourth-order valence-electron chi connectivity index (χ4n) is 1.47. The number of benzene rings is 1. The molecule has 1 nitrogen and oxygen atoms in total. The maximum Gasteiger partial charge on any atom is 0.141 e. The van der Waals surface area contributed by atoms with Gasteiger partial charge in [-0.05, 0) is 40.1 Å². The summed E-state index contributed by atoms with van der Waals surface area (Å²) in [6.45, 7) is 0. The maximum atomic E-state index is 12.9. The van der Waals surface area contributed by atoms with Gasteiger partial charge in [0.2, 0.25) is 0 Å². The largest absolute Gasteiger partial charge is 0.388 e. The van der Waals surface area contributed by atoms with Gasteiger partial charge in [-0.3, -0.25) is 0 Å². The lowest BCUT2D eigenvalue weighted by atomic mass is 10.0. The van der Waals surface area contributed by atoms with Gasteiger partial charge in [-0.15, -0.1) is 0 Å². The summed E-state index contributed by atoms with van der Waals surface area (Å²) in [5.41, 5.74) is 1.70. The van der Waals surface area contributed by atoms with E-state index >= 15 is 0 Å². The van der Waals surface area contributed by atoms with Crippen molar-refractivity contribution in [2.24, 2.45) is 0 Å². The van der Waals surface area contributed by atoms with Gasteiger partial charge in [0.25, 0.3) is 0 Å². The van der Waals surface area contributed by atoms with Crippen LogP contribution in [0.5, 0.6) is 0 Å². The fraction of sp³-hybridized carbons (Fsp3) is 0.167. The molecule has 1 aromatic carbocycles. The number of hydrogen-bond donors (Lipinski definition) is 1. The van der Waals surface area contributed by atoms with Gasteiger partial charge in [-0.1, -0.05) is 17.7 Å². The van der Waals surface area contributed by atoms with Crippen molar-refractivity contribution < 1.29 is 9.50 Å². The standard InChI is InChI=1S/C12H10ClFOS/c13-10-5-8(1-2-11(10)14)6-12(15)9-3-4-16-7-9/h1-5,7,12,15H,6H2. The Morgan fingerprint density at radius 1 is 1.38 bits per heavy atom. The molecular formula is C12H10ClFOS. The molecular weight excluding hydrogens is 247 g/mol. The first-order valence-electron chi connectivity index (χ1n) is 4.81. The summed E-state index contributed by atoms with van der Waals surface area (Å²) in [6.07, 6.45) is -0.121. The molecule has 0 amide bonds. The van der Waals surface area contributed by atoms with E-state index in [0.717, 1.165) is 11.1 Å². The van der Waals surface area contributed by atoms with Gasteiger partial charge in [0, 0.05) is 6.42 Å². The van der Waals surface area contributed by atoms with Crippen molar-refractivity contribution in [3.8, 4) is 0 Å². The van der Waals surface area contributed by atoms with Crippen LogP contribution >= 0.6 is 22.9 Å². The molecule has 0 radical (unpaired) electrons. The number of rotatable bonds is 3. The first kappa shape index (κ1) is 11.6. The molecule has 0 aliphatic heterocycles. The summed E-state index contributed by atoms with van der Waals surface area (Å²) in [7, 11) is 0. The number of halogens is 2. The van der Waals surface area contributed by atoms with Gasteiger partial charge in [-0.2, -0.15) is 11.3 Å². The van der Waals surface area contributed by atoms with E-state index in [0.29, 0.717) is 6.42 Å². The van der Waals surface area contributed by atoms with Crippen molar-refractivity contribution in [3.63, 3.8) is 0 Å². The lowest BCUT2D eigenvalue weighted by molar-refractivity contribution is 0.179. The molecule has 1 unspecified atom stereocenters. The average Bonchev–Trinajstić information content (AvgIpc) is 2.77. The van der Waals surface area contributed by atoms with Crippen LogP contribution in [0.1, 0.15) is 17.2 Å². The zero-order valence-corrected chi connectivity index (χ0v) is 9.93. The van der Waals surface area contributed by atoms with Crippen LogP contribution in [-0.2, 0) is 6.42 Å². The molecule has 1 atom stereocenters. The van der Waals surface area contributed by atoms with E-state index in [4.69, 9.17) is 11.6 Å². The fourth-order valence-corrected chi connectivity index (χ4v) is 2.38. The summed E-state index contributed by atoms with van der Waals surface area (Å²) >= 11 is 7.21. The van der Waals surface area contributed by atoms with Crippen molar-refractivity contribution in [1.82, 2.24) is 0 Å². The molecule has 16 heavy (non-hydrogen) atoms. The Morgan fingerprint density at radius 3 is 2.81 bits per heavy atom. The molecule has 84 valence electrons. The van der Waals surface area contributed by atoms with Crippen molar-refractivity contribution >= 4 is 22.9 Å². The average molecular weight is 257 g/mol. The minimum Gasteiger partial charge on any atom is -0.388 e. The number of thiophene rings is 1. The molecule has 0 bridgehead atoms. The third-order valence-corrected chi connectivity index (χ3v) is 3.33. The molecule has 0 fully saturated rings. The van der Waals surface area contributed by atoms with Gasteiger partial charge in [0.1, 0.15) is 5.82 Å². The van der Waals surface area contributed by atoms with E-state index in [1.54, 1.807) is 12.1 Å². The van der Waals surface area contributed by atoms with Crippen LogP contribution in [0.15, 0.2) is 35.0 Å². The lowest BCUT2D eigenvalue weighted by Gasteiger charge is -2.09. The van der Waals surface area contributed by atoms with Gasteiger partial charge in [-0.25, -0.2) is 4.39 Å². The van der Waals surface area contributed by atoms with Crippen LogP contribution in [0.4, 0.5) is 4.39 Å². The number of aliphatic hydroxyl groups is 1. The molecule has 0 saturated carbocycles. The highest BCUT2D eigenvalue weighted by atomic mass is 35.5. The number of aliphatic hydroxyl groups excluding tert-OH is 1. The number of hydrogen-bond acceptors (Lipinski definition) is 2. The maximum absolute atomic E-state index is 12.9. The van der Waals surface area contributed by atoms with Crippen LogP contribution in [-0.4, -0.2) is 5.11 Å². The van der Waals surface area contributed by atoms with Crippen molar-refractivity contribution in [2.45, 2.75) is 12.5 Å². The molecule has 1 heterocycles. The predicted molar refractivity (Wildman–Crippen MR) is 64.4 cm³/mol. The zero-order valence-electron chi connectivity index (χ0n) is 8.36. The summed E-state index contributed by atoms with van der Waals surface area (Å²) in [4.78, 5) is 0. The smallest absolute Gasteiger partial charge is 0.141 e. The van der Waals surface area contributed by atoms with Crippen LogP contribution < -0.4 is 0 Å². The Hall–Kier alpha value is -0.900. The van der Waals surface area contributed by atoms with E-state index in [-0.39, 0.29) is 5.02 Å². The second kappa shape index (κ2) is 4.95. The summed E-state index contributed by atoms with van der Waals surface area (Å²) < 4.78 is 12.9. The van der Waals surface area contributed by atoms with Gasteiger partial charge >= 0.3 is 0 Å². The molecule has 1 N–H and O–H groups in total. The molecule has 2 aromatic rings. The van der Waals surface area contributed by atoms with Gasteiger partial charge in [0.15, 0.2) is 0 Å². The predicted octanol–water partition coefficient (Wildman–Crippen LogP) is 3.82. The Morgan fingerprint density at radius 2 is 2.19 bits per heavy atom. The minimum absolute atomic E-state index is 0.0926. The first-order valence-corrected chi connectivity index (χ1v) is 6.13. The minimum atomic E-state index is -0.562. The van der Waals surface area contributed by atoms with E-state index in [9.17, 15) is 9.50 Å². The van der Waals surface area contributed by atoms with Crippen molar-refractivity contribution in [3.05, 3.63) is 57.0 Å². The monoisotopic (exact) mass is 256 g/mol. The molecule has 0 aliphatic rings. The molecule has 1 aromatic heterocycles. The van der Waals surface area contributed by atoms with Crippen molar-refractivity contribution in [2.75, 3.05) is 0 Å². The van der Waals surface area contributed by atoms with E-state index in [1.165, 1.54) is 17.4 Å². The lowest BCUT2D eigenvalue weighted by Crippen LogP contribution is -2.00. The molecule has 0 saturated heterocycles. The third kappa shape index (κ3) is 2.61. The third-order valence-electron chi connectivity index (χ3n) is 2.34. The van der Waals surface area contributed by atoms with Crippen molar-refractivity contribution in [1.29, 1.82) is 0 Å². The van der Waals surface area contributed by atoms with Crippen LogP contribution in [0.25, 0.3) is 0 Å². The topological polar surface area (TPSA) is 20.2 Å². The summed E-state index contributed by atoms with van der Waals surface area (Å²) in [5, 5.41) is 13.8. The Kier molecular flexibility index (Phi) is 3.59. The van der Waals surface area contributed by atoms with E-state index in [1.807, 2.05) is 16.8 Å².